The van der Waals surface area contributed by atoms with Gasteiger partial charge in [-0.3, -0.25) is 0 Å². The van der Waals surface area contributed by atoms with Gasteiger partial charge in [0.05, 0.1) is 5.56 Å². The van der Waals surface area contributed by atoms with Crippen molar-refractivity contribution in [1.29, 1.82) is 5.26 Å². The first-order valence-electron chi connectivity index (χ1n) is 6.63. The quantitative estimate of drug-likeness (QED) is 0.799. The number of nitrogens with two attached hydrogens (primary N) is 1. The first kappa shape index (κ1) is 18.1. The van der Waals surface area contributed by atoms with Gasteiger partial charge < -0.3 is 15.2 Å². The molecule has 2 rings (SSSR count). The Morgan fingerprint density at radius 1 is 1.46 bits per heavy atom. The van der Waals surface area contributed by atoms with Gasteiger partial charge in [0.25, 0.3) is 0 Å². The number of hydrogen-bond donors (Lipinski definition) is 1. The van der Waals surface area contributed by atoms with Crippen LogP contribution in [0.1, 0.15) is 5.56 Å². The lowest BCUT2D eigenvalue weighted by molar-refractivity contribution is -0.0558. The highest BCUT2D eigenvalue weighted by Crippen LogP contribution is 2.38. The van der Waals surface area contributed by atoms with Crippen molar-refractivity contribution in [3.05, 3.63) is 28.0 Å². The first-order valence-corrected chi connectivity index (χ1v) is 7.42. The van der Waals surface area contributed by atoms with Crippen molar-refractivity contribution in [2.45, 2.75) is 6.61 Å². The number of aryl methyl sites for hydroxylation is 1. The van der Waals surface area contributed by atoms with Crippen molar-refractivity contribution in [3.63, 3.8) is 0 Å². The van der Waals surface area contributed by atoms with Gasteiger partial charge in [-0.05, 0) is 28.1 Å². The molecule has 0 aliphatic heterocycles. The second-order valence-electron chi connectivity index (χ2n) is 4.55. The minimum absolute atomic E-state index is 0.0131. The fourth-order valence-electron chi connectivity index (χ4n) is 1.98. The van der Waals surface area contributed by atoms with E-state index < -0.39 is 12.4 Å². The second-order valence-corrected chi connectivity index (χ2v) is 5.34. The van der Waals surface area contributed by atoms with Gasteiger partial charge in [0.15, 0.2) is 0 Å². The highest BCUT2D eigenvalue weighted by molar-refractivity contribution is 9.10. The third-order valence-electron chi connectivity index (χ3n) is 2.96. The number of alkyl halides is 2. The minimum atomic E-state index is -3.06. The molecule has 0 saturated carbocycles. The van der Waals surface area contributed by atoms with Crippen LogP contribution in [0.3, 0.4) is 0 Å². The Balaban J connectivity index is 2.54. The van der Waals surface area contributed by atoms with E-state index in [-0.39, 0.29) is 46.1 Å². The van der Waals surface area contributed by atoms with Crippen LogP contribution in [0, 0.1) is 17.1 Å². The molecule has 1 aromatic heterocycles. The van der Waals surface area contributed by atoms with Gasteiger partial charge in [0.1, 0.15) is 34.4 Å². The third kappa shape index (κ3) is 3.63. The minimum Gasteiger partial charge on any atom is -0.491 e. The molecule has 6 nitrogen and oxygen atoms in total. The van der Waals surface area contributed by atoms with Crippen molar-refractivity contribution in [3.8, 4) is 29.0 Å². The number of rotatable bonds is 6. The van der Waals surface area contributed by atoms with Gasteiger partial charge >= 0.3 is 6.61 Å². The van der Waals surface area contributed by atoms with E-state index in [0.29, 0.717) is 0 Å². The van der Waals surface area contributed by atoms with Crippen LogP contribution in [0.5, 0.6) is 11.6 Å². The summed E-state index contributed by atoms with van der Waals surface area (Å²) in [5.41, 5.74) is 5.34. The summed E-state index contributed by atoms with van der Waals surface area (Å²) in [4.78, 5) is 0. The summed E-state index contributed by atoms with van der Waals surface area (Å²) in [5, 5.41) is 13.0. The van der Waals surface area contributed by atoms with Crippen LogP contribution in [0.25, 0.3) is 11.3 Å². The van der Waals surface area contributed by atoms with Crippen LogP contribution in [0.4, 0.5) is 13.2 Å². The smallest absolute Gasteiger partial charge is 0.388 e. The van der Waals surface area contributed by atoms with E-state index in [1.54, 1.807) is 0 Å². The highest BCUT2D eigenvalue weighted by Gasteiger charge is 2.23. The Kier molecular flexibility index (Phi) is 5.69. The van der Waals surface area contributed by atoms with Crippen molar-refractivity contribution < 1.29 is 22.6 Å². The molecule has 0 amide bonds. The maximum Gasteiger partial charge on any atom is 0.388 e. The van der Waals surface area contributed by atoms with E-state index >= 15 is 0 Å². The van der Waals surface area contributed by atoms with E-state index in [2.05, 4.69) is 25.8 Å². The standard InChI is InChI=1S/C14H12BrF3N4O2/c1-22-13(24-14(17)18)11(15)12(21-22)8-5-10(23-3-2-19)7(6-20)4-9(8)16/h4-5,14H,2-3,19H2,1H3. The Labute approximate surface area is 143 Å². The summed E-state index contributed by atoms with van der Waals surface area (Å²) in [5.74, 6) is -0.893. The highest BCUT2D eigenvalue weighted by atomic mass is 79.9. The number of halogens is 4. The average Bonchev–Trinajstić information content (AvgIpc) is 2.81. The summed E-state index contributed by atoms with van der Waals surface area (Å²) in [7, 11) is 1.37. The zero-order valence-corrected chi connectivity index (χ0v) is 14.0. The Morgan fingerprint density at radius 3 is 2.75 bits per heavy atom. The monoisotopic (exact) mass is 404 g/mol. The molecule has 0 saturated heterocycles. The average molecular weight is 405 g/mol. The van der Waals surface area contributed by atoms with Gasteiger partial charge in [-0.1, -0.05) is 0 Å². The SMILES string of the molecule is Cn1nc(-c2cc(OCCN)c(C#N)cc2F)c(Br)c1OC(F)F. The van der Waals surface area contributed by atoms with E-state index in [4.69, 9.17) is 15.7 Å². The molecule has 2 N–H and O–H groups in total. The maximum absolute atomic E-state index is 14.3. The van der Waals surface area contributed by atoms with Gasteiger partial charge in [-0.2, -0.15) is 19.1 Å². The molecule has 0 atom stereocenters. The lowest BCUT2D eigenvalue weighted by Gasteiger charge is -2.09. The number of nitriles is 1. The largest absolute Gasteiger partial charge is 0.491 e. The van der Waals surface area contributed by atoms with Gasteiger partial charge in [0, 0.05) is 19.2 Å². The maximum atomic E-state index is 14.3. The Morgan fingerprint density at radius 2 is 2.17 bits per heavy atom. The molecule has 1 aromatic carbocycles. The molecule has 0 bridgehead atoms. The van der Waals surface area contributed by atoms with Crippen LogP contribution >= 0.6 is 15.9 Å². The van der Waals surface area contributed by atoms with Crippen molar-refractivity contribution in [2.24, 2.45) is 12.8 Å². The first-order chi connectivity index (χ1) is 11.4. The third-order valence-corrected chi connectivity index (χ3v) is 3.68. The van der Waals surface area contributed by atoms with Crippen LogP contribution in [-0.4, -0.2) is 29.5 Å². The van der Waals surface area contributed by atoms with Gasteiger partial charge in [0.2, 0.25) is 5.88 Å². The van der Waals surface area contributed by atoms with E-state index in [0.717, 1.165) is 10.7 Å². The topological polar surface area (TPSA) is 86.1 Å². The van der Waals surface area contributed by atoms with Crippen LogP contribution < -0.4 is 15.2 Å². The molecule has 2 aromatic rings. The van der Waals surface area contributed by atoms with Crippen LogP contribution in [-0.2, 0) is 7.05 Å². The Bertz CT molecular complexity index is 789. The van der Waals surface area contributed by atoms with E-state index in [9.17, 15) is 13.2 Å². The van der Waals surface area contributed by atoms with E-state index in [1.165, 1.54) is 13.1 Å². The summed E-state index contributed by atoms with van der Waals surface area (Å²) < 4.78 is 50.0. The zero-order valence-electron chi connectivity index (χ0n) is 12.4. The van der Waals surface area contributed by atoms with Gasteiger partial charge in [-0.15, -0.1) is 0 Å². The number of hydrogen-bond acceptors (Lipinski definition) is 5. The summed E-state index contributed by atoms with van der Waals surface area (Å²) in [6.07, 6.45) is 0. The second kappa shape index (κ2) is 7.55. The summed E-state index contributed by atoms with van der Waals surface area (Å²) in [6, 6.07) is 4.06. The number of nitrogens with zero attached hydrogens (tertiary/aromatic N) is 3. The van der Waals surface area contributed by atoms with Crippen LogP contribution in [0.2, 0.25) is 0 Å². The van der Waals surface area contributed by atoms with Crippen molar-refractivity contribution in [1.82, 2.24) is 9.78 Å². The molecular weight excluding hydrogens is 393 g/mol. The lowest BCUT2D eigenvalue weighted by atomic mass is 10.1. The lowest BCUT2D eigenvalue weighted by Crippen LogP contribution is -2.11. The molecule has 0 spiro atoms. The molecule has 10 heteroatoms. The molecular formula is C14H12BrF3N4O2. The predicted octanol–water partition coefficient (Wildman–Crippen LogP) is 2.80. The molecule has 0 aliphatic rings. The molecule has 128 valence electrons. The number of ether oxygens (including phenoxy) is 2. The molecule has 1 heterocycles. The zero-order chi connectivity index (χ0) is 17.9. The summed E-state index contributed by atoms with van der Waals surface area (Å²) >= 11 is 3.08. The molecule has 0 fully saturated rings. The predicted molar refractivity (Wildman–Crippen MR) is 82.2 cm³/mol. The molecule has 0 radical (unpaired) electrons. The van der Waals surface area contributed by atoms with Crippen molar-refractivity contribution in [2.75, 3.05) is 13.2 Å². The van der Waals surface area contributed by atoms with Crippen LogP contribution in [0.15, 0.2) is 16.6 Å². The fourth-order valence-corrected chi connectivity index (χ4v) is 2.62. The fraction of sp³-hybridized carbons (Fsp3) is 0.286. The van der Waals surface area contributed by atoms with Gasteiger partial charge in [-0.25, -0.2) is 9.07 Å². The number of aromatic nitrogens is 2. The number of benzene rings is 1. The Hall–Kier alpha value is -2.25. The summed E-state index contributed by atoms with van der Waals surface area (Å²) in [6.45, 7) is -2.72. The molecule has 24 heavy (non-hydrogen) atoms. The normalized spacial score (nSPS) is 10.8. The molecule has 0 unspecified atom stereocenters. The van der Waals surface area contributed by atoms with Crippen molar-refractivity contribution >= 4 is 15.9 Å². The molecule has 0 aliphatic carbocycles. The van der Waals surface area contributed by atoms with E-state index in [1.807, 2.05) is 6.07 Å².